The Morgan fingerprint density at radius 3 is 2.32 bits per heavy atom. The molecule has 110 valence electrons. The smallest absolute Gasteiger partial charge is 0.329 e. The highest BCUT2D eigenvalue weighted by atomic mass is 16.4. The second-order valence-electron chi connectivity index (χ2n) is 5.67. The number of aliphatic carboxylic acids is 1. The first-order valence-electron chi connectivity index (χ1n) is 7.25. The lowest BCUT2D eigenvalue weighted by Gasteiger charge is -2.40. The number of urea groups is 1. The van der Waals surface area contributed by atoms with Crippen molar-refractivity contribution < 1.29 is 14.7 Å². The van der Waals surface area contributed by atoms with E-state index < -0.39 is 11.5 Å². The van der Waals surface area contributed by atoms with Gasteiger partial charge < -0.3 is 15.3 Å². The summed E-state index contributed by atoms with van der Waals surface area (Å²) in [6, 6.07) is -0.156. The predicted molar refractivity (Wildman–Crippen MR) is 74.1 cm³/mol. The molecule has 0 atom stereocenters. The Kier molecular flexibility index (Phi) is 5.63. The fourth-order valence-corrected chi connectivity index (χ4v) is 2.33. The Labute approximate surface area is 115 Å². The van der Waals surface area contributed by atoms with Crippen LogP contribution >= 0.6 is 0 Å². The van der Waals surface area contributed by atoms with Gasteiger partial charge in [-0.25, -0.2) is 9.59 Å². The molecule has 0 bridgehead atoms. The van der Waals surface area contributed by atoms with Crippen molar-refractivity contribution in [2.45, 2.75) is 70.9 Å². The van der Waals surface area contributed by atoms with E-state index in [1.54, 1.807) is 4.90 Å². The molecule has 0 aromatic heterocycles. The predicted octanol–water partition coefficient (Wildman–Crippen LogP) is 2.60. The molecule has 1 saturated carbocycles. The van der Waals surface area contributed by atoms with Crippen molar-refractivity contribution in [1.82, 2.24) is 10.2 Å². The van der Waals surface area contributed by atoms with Gasteiger partial charge in [-0.15, -0.1) is 0 Å². The van der Waals surface area contributed by atoms with E-state index in [0.717, 1.165) is 25.7 Å². The molecule has 1 aliphatic rings. The molecule has 0 aromatic rings. The van der Waals surface area contributed by atoms with Crippen LogP contribution in [0.5, 0.6) is 0 Å². The van der Waals surface area contributed by atoms with Crippen LogP contribution in [0.2, 0.25) is 0 Å². The molecular weight excluding hydrogens is 244 g/mol. The fraction of sp³-hybridized carbons (Fsp3) is 0.857. The highest BCUT2D eigenvalue weighted by Crippen LogP contribution is 2.32. The summed E-state index contributed by atoms with van der Waals surface area (Å²) in [6.45, 7) is 6.72. The third-order valence-corrected chi connectivity index (χ3v) is 3.85. The molecule has 1 aliphatic carbocycles. The van der Waals surface area contributed by atoms with Crippen LogP contribution in [0, 0.1) is 0 Å². The lowest BCUT2D eigenvalue weighted by molar-refractivity contribution is -0.148. The van der Waals surface area contributed by atoms with E-state index in [1.165, 1.54) is 0 Å². The number of nitrogens with one attached hydrogen (secondary N) is 1. The molecule has 5 nitrogen and oxygen atoms in total. The van der Waals surface area contributed by atoms with Gasteiger partial charge in [-0.05, 0) is 39.5 Å². The zero-order valence-electron chi connectivity index (χ0n) is 12.2. The molecule has 0 heterocycles. The van der Waals surface area contributed by atoms with Crippen LogP contribution in [0.15, 0.2) is 0 Å². The number of carbonyl (C=O) groups excluding carboxylic acids is 1. The van der Waals surface area contributed by atoms with Crippen LogP contribution < -0.4 is 5.32 Å². The first-order valence-corrected chi connectivity index (χ1v) is 7.25. The molecule has 2 N–H and O–H groups in total. The van der Waals surface area contributed by atoms with Gasteiger partial charge in [-0.2, -0.15) is 0 Å². The topological polar surface area (TPSA) is 69.6 Å². The van der Waals surface area contributed by atoms with E-state index in [0.29, 0.717) is 19.4 Å². The SMILES string of the molecule is CCCCCN(C(=O)NC1(C(=O)O)CCC1)C(C)C. The number of unbranched alkanes of at least 4 members (excludes halogenated alkanes) is 2. The van der Waals surface area contributed by atoms with Crippen molar-refractivity contribution >= 4 is 12.0 Å². The van der Waals surface area contributed by atoms with Gasteiger partial charge in [0, 0.05) is 12.6 Å². The van der Waals surface area contributed by atoms with E-state index in [2.05, 4.69) is 12.2 Å². The Balaban J connectivity index is 2.59. The van der Waals surface area contributed by atoms with Gasteiger partial charge >= 0.3 is 12.0 Å². The van der Waals surface area contributed by atoms with Crippen LogP contribution in [0.4, 0.5) is 4.79 Å². The van der Waals surface area contributed by atoms with Crippen LogP contribution in [0.1, 0.15) is 59.3 Å². The summed E-state index contributed by atoms with van der Waals surface area (Å²) < 4.78 is 0. The summed E-state index contributed by atoms with van der Waals surface area (Å²) in [7, 11) is 0. The van der Waals surface area contributed by atoms with Crippen molar-refractivity contribution in [3.05, 3.63) is 0 Å². The van der Waals surface area contributed by atoms with Gasteiger partial charge in [-0.1, -0.05) is 19.8 Å². The van der Waals surface area contributed by atoms with E-state index in [1.807, 2.05) is 13.8 Å². The summed E-state index contributed by atoms with van der Waals surface area (Å²) in [5.74, 6) is -0.913. The van der Waals surface area contributed by atoms with E-state index in [4.69, 9.17) is 0 Å². The number of nitrogens with zero attached hydrogens (tertiary/aromatic N) is 1. The summed E-state index contributed by atoms with van der Waals surface area (Å²) in [4.78, 5) is 25.2. The lowest BCUT2D eigenvalue weighted by Crippen LogP contribution is -2.62. The second kappa shape index (κ2) is 6.78. The van der Waals surface area contributed by atoms with Crippen LogP contribution in [-0.2, 0) is 4.79 Å². The molecule has 5 heteroatoms. The molecule has 0 aromatic carbocycles. The maximum absolute atomic E-state index is 12.2. The van der Waals surface area contributed by atoms with Crippen molar-refractivity contribution in [3.8, 4) is 0 Å². The minimum absolute atomic E-state index is 0.0859. The van der Waals surface area contributed by atoms with Gasteiger partial charge in [-0.3, -0.25) is 0 Å². The summed E-state index contributed by atoms with van der Waals surface area (Å²) >= 11 is 0. The van der Waals surface area contributed by atoms with Crippen LogP contribution in [-0.4, -0.2) is 40.1 Å². The van der Waals surface area contributed by atoms with Crippen molar-refractivity contribution in [1.29, 1.82) is 0 Å². The Hall–Kier alpha value is -1.26. The van der Waals surface area contributed by atoms with Crippen molar-refractivity contribution in [3.63, 3.8) is 0 Å². The molecule has 0 unspecified atom stereocenters. The Bertz CT molecular complexity index is 325. The molecule has 0 saturated heterocycles. The number of hydrogen-bond donors (Lipinski definition) is 2. The van der Waals surface area contributed by atoms with Gasteiger partial charge in [0.05, 0.1) is 0 Å². The number of carboxylic acids is 1. The number of hydrogen-bond acceptors (Lipinski definition) is 2. The summed E-state index contributed by atoms with van der Waals surface area (Å²) in [5.41, 5.74) is -1.02. The van der Waals surface area contributed by atoms with Crippen LogP contribution in [0.3, 0.4) is 0 Å². The maximum atomic E-state index is 12.2. The number of amides is 2. The average molecular weight is 270 g/mol. The monoisotopic (exact) mass is 270 g/mol. The minimum Gasteiger partial charge on any atom is -0.480 e. The molecule has 1 fully saturated rings. The lowest BCUT2D eigenvalue weighted by atomic mass is 9.77. The molecule has 1 rings (SSSR count). The highest BCUT2D eigenvalue weighted by Gasteiger charge is 2.46. The van der Waals surface area contributed by atoms with Crippen molar-refractivity contribution in [2.75, 3.05) is 6.54 Å². The molecule has 2 amide bonds. The van der Waals surface area contributed by atoms with Gasteiger partial charge in [0.2, 0.25) is 0 Å². The molecule has 0 radical (unpaired) electrons. The van der Waals surface area contributed by atoms with E-state index >= 15 is 0 Å². The normalized spacial score (nSPS) is 16.8. The second-order valence-corrected chi connectivity index (χ2v) is 5.67. The third-order valence-electron chi connectivity index (χ3n) is 3.85. The summed E-state index contributed by atoms with van der Waals surface area (Å²) in [6.07, 6.45) is 5.09. The van der Waals surface area contributed by atoms with E-state index in [9.17, 15) is 14.7 Å². The van der Waals surface area contributed by atoms with Crippen LogP contribution in [0.25, 0.3) is 0 Å². The number of rotatable bonds is 7. The maximum Gasteiger partial charge on any atom is 0.329 e. The average Bonchev–Trinajstić information content (AvgIpc) is 2.28. The van der Waals surface area contributed by atoms with E-state index in [-0.39, 0.29) is 12.1 Å². The number of carbonyl (C=O) groups is 2. The Morgan fingerprint density at radius 1 is 1.32 bits per heavy atom. The molecular formula is C14H26N2O3. The van der Waals surface area contributed by atoms with Gasteiger partial charge in [0.25, 0.3) is 0 Å². The minimum atomic E-state index is -1.02. The fourth-order valence-electron chi connectivity index (χ4n) is 2.33. The van der Waals surface area contributed by atoms with Gasteiger partial charge in [0.1, 0.15) is 5.54 Å². The first-order chi connectivity index (χ1) is 8.93. The quantitative estimate of drug-likeness (QED) is 0.699. The van der Waals surface area contributed by atoms with Crippen molar-refractivity contribution in [2.24, 2.45) is 0 Å². The summed E-state index contributed by atoms with van der Waals surface area (Å²) in [5, 5.41) is 12.0. The molecule has 0 spiro atoms. The molecule has 19 heavy (non-hydrogen) atoms. The standard InChI is InChI=1S/C14H26N2O3/c1-4-5-6-10-16(11(2)3)13(19)15-14(12(17)18)8-7-9-14/h11H,4-10H2,1-3H3,(H,15,19)(H,17,18). The Morgan fingerprint density at radius 2 is 1.95 bits per heavy atom. The third kappa shape index (κ3) is 3.85. The van der Waals surface area contributed by atoms with Gasteiger partial charge in [0.15, 0.2) is 0 Å². The number of carboxylic acid groups (broad SMARTS) is 1. The first kappa shape index (κ1) is 15.8. The zero-order valence-corrected chi connectivity index (χ0v) is 12.2. The zero-order chi connectivity index (χ0) is 14.5. The highest BCUT2D eigenvalue weighted by molar-refractivity contribution is 5.87. The molecule has 0 aliphatic heterocycles. The largest absolute Gasteiger partial charge is 0.480 e.